The summed E-state index contributed by atoms with van der Waals surface area (Å²) in [6.07, 6.45) is 21.8. The van der Waals surface area contributed by atoms with Gasteiger partial charge in [-0.2, -0.15) is 0 Å². The first-order valence-electron chi connectivity index (χ1n) is 12.2. The van der Waals surface area contributed by atoms with Crippen molar-refractivity contribution < 1.29 is 19.1 Å². The van der Waals surface area contributed by atoms with E-state index in [0.717, 1.165) is 38.5 Å². The Morgan fingerprint density at radius 3 is 1.66 bits per heavy atom. The Balaban J connectivity index is 3.48. The van der Waals surface area contributed by atoms with Gasteiger partial charge in [0.05, 0.1) is 12.7 Å². The molecule has 0 saturated heterocycles. The van der Waals surface area contributed by atoms with E-state index < -0.39 is 11.9 Å². The molecule has 0 saturated carbocycles. The molecule has 0 N–H and O–H groups in total. The maximum absolute atomic E-state index is 11.7. The molecule has 0 aliphatic rings. The summed E-state index contributed by atoms with van der Waals surface area (Å²) in [6.45, 7) is 6.70. The first-order valence-corrected chi connectivity index (χ1v) is 12.2. The molecule has 0 heterocycles. The summed E-state index contributed by atoms with van der Waals surface area (Å²) in [7, 11) is 0. The molecule has 0 amide bonds. The van der Waals surface area contributed by atoms with Crippen molar-refractivity contribution in [1.82, 2.24) is 0 Å². The zero-order valence-electron chi connectivity index (χ0n) is 19.4. The summed E-state index contributed by atoms with van der Waals surface area (Å²) >= 11 is 0. The van der Waals surface area contributed by atoms with Crippen molar-refractivity contribution in [2.75, 3.05) is 6.61 Å². The lowest BCUT2D eigenvalue weighted by molar-refractivity contribution is -0.143. The van der Waals surface area contributed by atoms with Crippen LogP contribution in [0.25, 0.3) is 0 Å². The van der Waals surface area contributed by atoms with E-state index in [9.17, 15) is 9.59 Å². The minimum absolute atomic E-state index is 0.115. The molecule has 0 rings (SSSR count). The highest BCUT2D eigenvalue weighted by molar-refractivity contribution is 5.91. The molecule has 0 aromatic heterocycles. The molecule has 1 atom stereocenters. The Morgan fingerprint density at radius 2 is 1.10 bits per heavy atom. The van der Waals surface area contributed by atoms with Crippen molar-refractivity contribution >= 4 is 11.9 Å². The number of unbranched alkanes of at least 4 members (excludes halogenated alkanes) is 13. The van der Waals surface area contributed by atoms with E-state index >= 15 is 0 Å². The second kappa shape index (κ2) is 21.4. The average molecular weight is 411 g/mol. The lowest BCUT2D eigenvalue weighted by Crippen LogP contribution is -2.13. The fourth-order valence-electron chi connectivity index (χ4n) is 3.28. The van der Waals surface area contributed by atoms with E-state index in [1.165, 1.54) is 76.4 Å². The Morgan fingerprint density at radius 1 is 0.655 bits per heavy atom. The van der Waals surface area contributed by atoms with E-state index in [1.807, 2.05) is 6.92 Å². The molecule has 0 aliphatic carbocycles. The zero-order valence-corrected chi connectivity index (χ0v) is 19.4. The molecule has 170 valence electrons. The molecule has 4 heteroatoms. The lowest BCUT2D eigenvalue weighted by atomic mass is 10.1. The molecule has 0 fully saturated rings. The molecule has 1 unspecified atom stereocenters. The molecule has 0 aromatic carbocycles. The summed E-state index contributed by atoms with van der Waals surface area (Å²) in [5.74, 6) is -0.944. The van der Waals surface area contributed by atoms with Gasteiger partial charge in [0.2, 0.25) is 0 Å². The predicted molar refractivity (Wildman–Crippen MR) is 121 cm³/mol. The molecule has 29 heavy (non-hydrogen) atoms. The molecule has 0 aliphatic heterocycles. The lowest BCUT2D eigenvalue weighted by Gasteiger charge is -2.10. The summed E-state index contributed by atoms with van der Waals surface area (Å²) in [5.41, 5.74) is 0. The molecule has 0 spiro atoms. The monoisotopic (exact) mass is 410 g/mol. The fourth-order valence-corrected chi connectivity index (χ4v) is 3.28. The zero-order chi connectivity index (χ0) is 21.6. The number of carbonyl (C=O) groups is 2. The summed E-state index contributed by atoms with van der Waals surface area (Å²) in [5, 5.41) is 0. The van der Waals surface area contributed by atoms with Crippen LogP contribution in [0.15, 0.2) is 12.2 Å². The van der Waals surface area contributed by atoms with Crippen LogP contribution in [0.3, 0.4) is 0 Å². The van der Waals surface area contributed by atoms with Crippen molar-refractivity contribution in [3.63, 3.8) is 0 Å². The van der Waals surface area contributed by atoms with Crippen molar-refractivity contribution in [3.8, 4) is 0 Å². The molecule has 4 nitrogen and oxygen atoms in total. The quantitative estimate of drug-likeness (QED) is 0.120. The Bertz CT molecular complexity index is 417. The molecular formula is C25H46O4. The maximum Gasteiger partial charge on any atom is 0.331 e. The highest BCUT2D eigenvalue weighted by Gasteiger charge is 2.07. The molecule has 0 aromatic rings. The van der Waals surface area contributed by atoms with Gasteiger partial charge in [0.1, 0.15) is 0 Å². The van der Waals surface area contributed by atoms with Crippen molar-refractivity contribution in [2.45, 2.75) is 130 Å². The number of ether oxygens (including phenoxy) is 2. The average Bonchev–Trinajstić information content (AvgIpc) is 2.70. The normalized spacial score (nSPS) is 12.2. The maximum atomic E-state index is 11.7. The van der Waals surface area contributed by atoms with Gasteiger partial charge in [-0.25, -0.2) is 9.59 Å². The first-order chi connectivity index (χ1) is 14.1. The van der Waals surface area contributed by atoms with Crippen LogP contribution < -0.4 is 0 Å². The standard InChI is InChI=1S/C25H46O4/c1-4-6-8-9-10-11-12-13-14-15-16-18-22-28-24(26)20-21-25(27)29-23(3)19-17-7-5-2/h20-21,23H,4-19,22H2,1-3H3/b21-20+. The highest BCUT2D eigenvalue weighted by Crippen LogP contribution is 2.12. The van der Waals surface area contributed by atoms with Crippen LogP contribution in [0, 0.1) is 0 Å². The second-order valence-corrected chi connectivity index (χ2v) is 8.13. The van der Waals surface area contributed by atoms with Gasteiger partial charge in [-0.3, -0.25) is 0 Å². The van der Waals surface area contributed by atoms with Gasteiger partial charge in [-0.1, -0.05) is 97.3 Å². The van der Waals surface area contributed by atoms with Crippen LogP contribution in [0.2, 0.25) is 0 Å². The van der Waals surface area contributed by atoms with E-state index in [4.69, 9.17) is 9.47 Å². The van der Waals surface area contributed by atoms with Crippen LogP contribution in [-0.2, 0) is 19.1 Å². The number of carbonyl (C=O) groups excluding carboxylic acids is 2. The molecule has 0 bridgehead atoms. The number of hydrogen-bond donors (Lipinski definition) is 0. The number of hydrogen-bond acceptors (Lipinski definition) is 4. The van der Waals surface area contributed by atoms with Crippen LogP contribution in [-0.4, -0.2) is 24.6 Å². The third kappa shape index (κ3) is 21.2. The van der Waals surface area contributed by atoms with Crippen LogP contribution in [0.4, 0.5) is 0 Å². The van der Waals surface area contributed by atoms with E-state index in [1.54, 1.807) is 0 Å². The Kier molecular flexibility index (Phi) is 20.4. The van der Waals surface area contributed by atoms with Crippen LogP contribution >= 0.6 is 0 Å². The first kappa shape index (κ1) is 27.7. The topological polar surface area (TPSA) is 52.6 Å². The second-order valence-electron chi connectivity index (χ2n) is 8.13. The van der Waals surface area contributed by atoms with Crippen molar-refractivity contribution in [2.24, 2.45) is 0 Å². The van der Waals surface area contributed by atoms with Gasteiger partial charge in [0.15, 0.2) is 0 Å². The highest BCUT2D eigenvalue weighted by atomic mass is 16.5. The van der Waals surface area contributed by atoms with Gasteiger partial charge in [0.25, 0.3) is 0 Å². The van der Waals surface area contributed by atoms with Gasteiger partial charge in [-0.05, 0) is 26.2 Å². The van der Waals surface area contributed by atoms with Crippen LogP contribution in [0.5, 0.6) is 0 Å². The third-order valence-corrected chi connectivity index (χ3v) is 5.13. The Labute approximate surface area is 179 Å². The molecular weight excluding hydrogens is 364 g/mol. The van der Waals surface area contributed by atoms with Gasteiger partial charge >= 0.3 is 11.9 Å². The minimum Gasteiger partial charge on any atom is -0.463 e. The van der Waals surface area contributed by atoms with Gasteiger partial charge < -0.3 is 9.47 Å². The minimum atomic E-state index is -0.476. The third-order valence-electron chi connectivity index (χ3n) is 5.13. The van der Waals surface area contributed by atoms with Gasteiger partial charge in [-0.15, -0.1) is 0 Å². The van der Waals surface area contributed by atoms with E-state index in [0.29, 0.717) is 6.61 Å². The summed E-state index contributed by atoms with van der Waals surface area (Å²) in [6, 6.07) is 0. The largest absolute Gasteiger partial charge is 0.463 e. The van der Waals surface area contributed by atoms with Crippen molar-refractivity contribution in [3.05, 3.63) is 12.2 Å². The smallest absolute Gasteiger partial charge is 0.331 e. The number of rotatable bonds is 20. The van der Waals surface area contributed by atoms with Crippen LogP contribution in [0.1, 0.15) is 124 Å². The summed E-state index contributed by atoms with van der Waals surface area (Å²) < 4.78 is 10.4. The van der Waals surface area contributed by atoms with E-state index in [2.05, 4.69) is 13.8 Å². The summed E-state index contributed by atoms with van der Waals surface area (Å²) in [4.78, 5) is 23.3. The Hall–Kier alpha value is -1.32. The fraction of sp³-hybridized carbons (Fsp3) is 0.840. The predicted octanol–water partition coefficient (Wildman–Crippen LogP) is 7.30. The molecule has 0 radical (unpaired) electrons. The SMILES string of the molecule is CCCCCCCCCCCCCCOC(=O)/C=C/C(=O)OC(C)CCCCC. The van der Waals surface area contributed by atoms with Crippen molar-refractivity contribution in [1.29, 1.82) is 0 Å². The van der Waals surface area contributed by atoms with Gasteiger partial charge in [0, 0.05) is 12.2 Å². The van der Waals surface area contributed by atoms with E-state index in [-0.39, 0.29) is 6.10 Å². The number of esters is 2.